The summed E-state index contributed by atoms with van der Waals surface area (Å²) in [5.41, 5.74) is -1.46. The Hall–Kier alpha value is -2.63. The van der Waals surface area contributed by atoms with Crippen molar-refractivity contribution in [1.29, 1.82) is 0 Å². The van der Waals surface area contributed by atoms with E-state index in [1.54, 1.807) is 0 Å². The molecule has 1 heterocycles. The molecule has 0 spiro atoms. The van der Waals surface area contributed by atoms with Crippen LogP contribution in [0.1, 0.15) is 43.9 Å². The summed E-state index contributed by atoms with van der Waals surface area (Å²) in [5.74, 6) is -4.71. The first-order valence-corrected chi connectivity index (χ1v) is 9.34. The zero-order valence-corrected chi connectivity index (χ0v) is 18.8. The van der Waals surface area contributed by atoms with Crippen LogP contribution in [0.3, 0.4) is 0 Å². The Balaban J connectivity index is 0.00000512. The number of phenols is 2. The molecule has 0 saturated heterocycles. The molecule has 1 amide bonds. The van der Waals surface area contributed by atoms with Crippen LogP contribution in [0.5, 0.6) is 17.2 Å². The van der Waals surface area contributed by atoms with E-state index in [2.05, 4.69) is 10.6 Å². The molecule has 0 saturated carbocycles. The van der Waals surface area contributed by atoms with Crippen molar-refractivity contribution in [2.24, 2.45) is 7.05 Å². The molecule has 0 fully saturated rings. The van der Waals surface area contributed by atoms with Gasteiger partial charge in [0.05, 0.1) is 11.1 Å². The summed E-state index contributed by atoms with van der Waals surface area (Å²) < 4.78 is 1.15. The molecule has 6 N–H and O–H groups in total. The minimum Gasteiger partial charge on any atom is -0.504 e. The number of aromatic carboxylic acids is 1. The number of hydrogen-bond acceptors (Lipinski definition) is 8. The maximum atomic E-state index is 12.2. The van der Waals surface area contributed by atoms with Gasteiger partial charge in [-0.05, 0) is 31.2 Å². The smallest absolute Gasteiger partial charge is 0.504 e. The molecule has 0 aliphatic carbocycles. The number of amides is 1. The summed E-state index contributed by atoms with van der Waals surface area (Å²) in [4.78, 5) is 46.7. The second-order valence-corrected chi connectivity index (χ2v) is 6.69. The molecule has 0 bridgehead atoms. The van der Waals surface area contributed by atoms with Crippen molar-refractivity contribution in [3.05, 3.63) is 51.4 Å². The van der Waals surface area contributed by atoms with E-state index >= 15 is 0 Å². The molecule has 32 heavy (non-hydrogen) atoms. The predicted molar refractivity (Wildman–Crippen MR) is 109 cm³/mol. The number of aromatic nitrogens is 1. The fourth-order valence-electron chi connectivity index (χ4n) is 2.77. The van der Waals surface area contributed by atoms with E-state index in [0.717, 1.165) is 16.7 Å². The first kappa shape index (κ1) is 27.4. The number of carboxylic acids is 1. The largest absolute Gasteiger partial charge is 3.00 e. The van der Waals surface area contributed by atoms with E-state index in [9.17, 15) is 34.5 Å². The van der Waals surface area contributed by atoms with Crippen LogP contribution >= 0.6 is 0 Å². The van der Waals surface area contributed by atoms with Crippen LogP contribution in [0.2, 0.25) is 0 Å². The Morgan fingerprint density at radius 2 is 1.53 bits per heavy atom. The van der Waals surface area contributed by atoms with Gasteiger partial charge in [-0.2, -0.15) is 0 Å². The molecule has 12 heteroatoms. The van der Waals surface area contributed by atoms with Crippen LogP contribution in [-0.2, 0) is 7.05 Å². The minimum atomic E-state index is -1.42. The zero-order chi connectivity index (χ0) is 23.1. The quantitative estimate of drug-likeness (QED) is 0.126. The van der Waals surface area contributed by atoms with Gasteiger partial charge >= 0.3 is 42.8 Å². The molecule has 0 aliphatic rings. The summed E-state index contributed by atoms with van der Waals surface area (Å²) in [7, 11) is 1.45. The van der Waals surface area contributed by atoms with Crippen LogP contribution in [0.4, 0.5) is 0 Å². The number of nitrogens with zero attached hydrogens (tertiary/aromatic N) is 1. The van der Waals surface area contributed by atoms with Gasteiger partial charge in [0.2, 0.25) is 0 Å². The maximum Gasteiger partial charge on any atom is 3.00 e. The summed E-state index contributed by atoms with van der Waals surface area (Å²) in [6.07, 6.45) is 1.81. The summed E-state index contributed by atoms with van der Waals surface area (Å²) >= 11 is 0. The summed E-state index contributed by atoms with van der Waals surface area (Å²) in [6.45, 7) is 0.996. The first-order valence-electron chi connectivity index (χ1n) is 9.34. The molecule has 0 atom stereocenters. The van der Waals surface area contributed by atoms with Gasteiger partial charge in [-0.3, -0.25) is 14.4 Å². The number of carbonyl (C=O) groups excluding carboxylic acids is 2. The van der Waals surface area contributed by atoms with Gasteiger partial charge in [0.15, 0.2) is 23.0 Å². The van der Waals surface area contributed by atoms with Gasteiger partial charge in [-0.25, -0.2) is 4.79 Å². The van der Waals surface area contributed by atoms with Gasteiger partial charge in [-0.1, -0.05) is 0 Å². The molecule has 2 aromatic rings. The predicted octanol–water partition coefficient (Wildman–Crippen LogP) is 0.183. The zero-order valence-electron chi connectivity index (χ0n) is 17.0. The Morgan fingerprint density at radius 3 is 2.19 bits per heavy atom. The normalized spacial score (nSPS) is 10.3. The van der Waals surface area contributed by atoms with E-state index in [0.29, 0.717) is 19.5 Å². The third kappa shape index (κ3) is 6.68. The van der Waals surface area contributed by atoms with Crippen molar-refractivity contribution in [3.8, 4) is 17.2 Å². The second kappa shape index (κ2) is 12.4. The number of aromatic hydroxyl groups is 3. The average Bonchev–Trinajstić information content (AvgIpc) is 2.72. The fraction of sp³-hybridized carbons (Fsp3) is 0.300. The van der Waals surface area contributed by atoms with Gasteiger partial charge in [0.1, 0.15) is 5.56 Å². The number of hydrogen-bond donors (Lipinski definition) is 6. The van der Waals surface area contributed by atoms with Gasteiger partial charge in [-0.15, -0.1) is 0 Å². The second-order valence-electron chi connectivity index (χ2n) is 6.69. The van der Waals surface area contributed by atoms with Crippen molar-refractivity contribution in [2.45, 2.75) is 12.8 Å². The number of phenolic OH excluding ortho intramolecular Hbond substituents is 1. The molecule has 11 nitrogen and oxygen atoms in total. The molecule has 2 rings (SSSR count). The maximum absolute atomic E-state index is 12.2. The fourth-order valence-corrected chi connectivity index (χ4v) is 2.77. The van der Waals surface area contributed by atoms with Gasteiger partial charge < -0.3 is 35.6 Å². The molecule has 0 aliphatic heterocycles. The number of benzene rings is 1. The van der Waals surface area contributed by atoms with E-state index < -0.39 is 46.0 Å². The average molecular weight is 602 g/mol. The van der Waals surface area contributed by atoms with Crippen molar-refractivity contribution in [1.82, 2.24) is 15.2 Å². The number of carbonyl (C=O) groups is 3. The first-order chi connectivity index (χ1) is 14.6. The van der Waals surface area contributed by atoms with Gasteiger partial charge in [0, 0.05) is 32.8 Å². The molecule has 1 aromatic carbocycles. The number of pyridine rings is 1. The van der Waals surface area contributed by atoms with Crippen molar-refractivity contribution < 1.29 is 71.7 Å². The van der Waals surface area contributed by atoms with Crippen LogP contribution in [-0.4, -0.2) is 62.3 Å². The van der Waals surface area contributed by atoms with Crippen LogP contribution in [0.15, 0.2) is 29.2 Å². The Labute approximate surface area is 211 Å². The SMILES string of the molecule is Cn1ccc(C(=O)NCCNCCCC(=O)c2ccc(C(=O)O)c(O)c2O)c(O)c1=O.[Tm+3]. The topological polar surface area (TPSA) is 178 Å². The number of rotatable bonds is 10. The molecular weight excluding hydrogens is 579 g/mol. The Bertz CT molecular complexity index is 1070. The molecule has 0 unspecified atom stereocenters. The summed E-state index contributed by atoms with van der Waals surface area (Å²) in [5, 5.41) is 43.7. The van der Waals surface area contributed by atoms with Crippen LogP contribution in [0.25, 0.3) is 0 Å². The minimum absolute atomic E-state index is 0. The molecular formula is C20H23N3O8Tm+3. The van der Waals surface area contributed by atoms with E-state index in [1.807, 2.05) is 0 Å². The standard InChI is InChI=1S/C20H23N3O8.Tm/c1-23-10-6-12(17(27)19(23)29)18(28)22-9-8-21-7-2-3-14(24)11-4-5-13(20(30)31)16(26)15(11)25;/h4-6,10,21,25-27H,2-3,7-9H2,1H3,(H,22,28)(H,30,31);/q;+3. The third-order valence-corrected chi connectivity index (χ3v) is 4.51. The van der Waals surface area contributed by atoms with Crippen LogP contribution < -0.4 is 16.2 Å². The molecule has 1 aromatic heterocycles. The monoisotopic (exact) mass is 602 g/mol. The number of carboxylic acid groups (broad SMARTS) is 1. The Morgan fingerprint density at radius 1 is 0.906 bits per heavy atom. The summed E-state index contributed by atoms with van der Waals surface area (Å²) in [6, 6.07) is 3.53. The number of nitrogens with one attached hydrogen (secondary N) is 2. The van der Waals surface area contributed by atoms with Crippen molar-refractivity contribution in [2.75, 3.05) is 19.6 Å². The molecule has 176 valence electrons. The van der Waals surface area contributed by atoms with Gasteiger partial charge in [0.25, 0.3) is 11.5 Å². The van der Waals surface area contributed by atoms with Crippen LogP contribution in [0, 0.1) is 36.9 Å². The van der Waals surface area contributed by atoms with E-state index in [4.69, 9.17) is 5.11 Å². The van der Waals surface area contributed by atoms with E-state index in [-0.39, 0.29) is 61.0 Å². The van der Waals surface area contributed by atoms with E-state index in [1.165, 1.54) is 19.3 Å². The number of aryl methyl sites for hydroxylation is 1. The van der Waals surface area contributed by atoms with Crippen molar-refractivity contribution in [3.63, 3.8) is 0 Å². The molecule has 0 radical (unpaired) electrons. The Kier molecular flexibility index (Phi) is 10.6. The van der Waals surface area contributed by atoms with Crippen molar-refractivity contribution >= 4 is 17.7 Å². The number of ketones is 1. The number of Topliss-reactive ketones (excluding diaryl/α,β-unsaturated/α-hetero) is 1. The third-order valence-electron chi connectivity index (χ3n) is 4.51.